The molecule has 0 unspecified atom stereocenters. The Balaban J connectivity index is 1.71. The first-order valence-electron chi connectivity index (χ1n) is 14.5. The first-order chi connectivity index (χ1) is 20.1. The lowest BCUT2D eigenvalue weighted by Crippen LogP contribution is -2.53. The van der Waals surface area contributed by atoms with Gasteiger partial charge in [-0.05, 0) is 69.0 Å². The molecular weight excluding hydrogens is 550 g/mol. The fourth-order valence-electron chi connectivity index (χ4n) is 5.27. The molecule has 1 N–H and O–H groups in total. The number of anilines is 1. The first kappa shape index (κ1) is 31.1. The zero-order chi connectivity index (χ0) is 30.3. The second-order valence-electron chi connectivity index (χ2n) is 11.0. The number of carbonyl (C=O) groups is 2. The highest BCUT2D eigenvalue weighted by Gasteiger charge is 2.34. The highest BCUT2D eigenvalue weighted by atomic mass is 32.2. The molecule has 0 heterocycles. The van der Waals surface area contributed by atoms with Gasteiger partial charge in [-0.2, -0.15) is 0 Å². The summed E-state index contributed by atoms with van der Waals surface area (Å²) in [5.74, 6) is -0.418. The van der Waals surface area contributed by atoms with E-state index in [1.54, 1.807) is 37.3 Å². The predicted molar refractivity (Wildman–Crippen MR) is 165 cm³/mol. The normalized spacial score (nSPS) is 14.6. The molecule has 0 aliphatic heterocycles. The summed E-state index contributed by atoms with van der Waals surface area (Å²) in [6.07, 6.45) is 5.13. The first-order valence-corrected chi connectivity index (χ1v) is 15.9. The summed E-state index contributed by atoms with van der Waals surface area (Å²) in [5.41, 5.74) is 2.98. The molecule has 2 amide bonds. The van der Waals surface area contributed by atoms with Crippen molar-refractivity contribution in [3.8, 4) is 5.75 Å². The molecule has 3 aromatic carbocycles. The van der Waals surface area contributed by atoms with Crippen molar-refractivity contribution < 1.29 is 22.7 Å². The van der Waals surface area contributed by atoms with Gasteiger partial charge in [0.25, 0.3) is 10.0 Å². The number of nitrogens with zero attached hydrogens (tertiary/aromatic N) is 2. The Hall–Kier alpha value is -3.85. The van der Waals surface area contributed by atoms with Gasteiger partial charge in [-0.15, -0.1) is 0 Å². The van der Waals surface area contributed by atoms with Crippen LogP contribution in [0.3, 0.4) is 0 Å². The van der Waals surface area contributed by atoms with Crippen molar-refractivity contribution >= 4 is 27.5 Å². The van der Waals surface area contributed by atoms with E-state index in [9.17, 15) is 18.0 Å². The van der Waals surface area contributed by atoms with Crippen LogP contribution in [-0.2, 0) is 26.2 Å². The van der Waals surface area contributed by atoms with Crippen LogP contribution in [0, 0.1) is 13.8 Å². The van der Waals surface area contributed by atoms with E-state index < -0.39 is 28.5 Å². The fourth-order valence-corrected chi connectivity index (χ4v) is 6.71. The van der Waals surface area contributed by atoms with E-state index in [-0.39, 0.29) is 29.1 Å². The molecule has 1 atom stereocenters. The highest BCUT2D eigenvalue weighted by molar-refractivity contribution is 7.92. The monoisotopic (exact) mass is 591 g/mol. The van der Waals surface area contributed by atoms with E-state index in [4.69, 9.17) is 4.74 Å². The Kier molecular flexibility index (Phi) is 10.3. The second kappa shape index (κ2) is 13.9. The van der Waals surface area contributed by atoms with Crippen LogP contribution in [0.15, 0.2) is 77.7 Å². The van der Waals surface area contributed by atoms with Crippen LogP contribution in [-0.4, -0.2) is 50.9 Å². The molecule has 0 spiro atoms. The van der Waals surface area contributed by atoms with Gasteiger partial charge in [-0.3, -0.25) is 13.9 Å². The number of aryl methyl sites for hydroxylation is 2. The molecule has 1 aliphatic rings. The van der Waals surface area contributed by atoms with Crippen LogP contribution in [0.4, 0.5) is 5.69 Å². The number of sulfonamides is 1. The van der Waals surface area contributed by atoms with Crippen LogP contribution in [0.25, 0.3) is 0 Å². The van der Waals surface area contributed by atoms with Gasteiger partial charge in [0, 0.05) is 12.6 Å². The number of hydrogen-bond donors (Lipinski definition) is 1. The zero-order valence-corrected chi connectivity index (χ0v) is 25.7. The largest absolute Gasteiger partial charge is 0.495 e. The number of nitrogens with one attached hydrogen (secondary N) is 1. The number of rotatable bonds is 11. The number of amides is 2. The number of benzene rings is 3. The van der Waals surface area contributed by atoms with Crippen LogP contribution >= 0.6 is 0 Å². The van der Waals surface area contributed by atoms with Crippen LogP contribution in [0.5, 0.6) is 5.75 Å². The van der Waals surface area contributed by atoms with E-state index in [0.717, 1.165) is 53.1 Å². The molecule has 3 aromatic rings. The molecule has 0 bridgehead atoms. The quantitative estimate of drug-likeness (QED) is 0.323. The summed E-state index contributed by atoms with van der Waals surface area (Å²) >= 11 is 0. The van der Waals surface area contributed by atoms with Crippen molar-refractivity contribution in [3.05, 3.63) is 89.5 Å². The average Bonchev–Trinajstić information content (AvgIpc) is 3.00. The van der Waals surface area contributed by atoms with Crippen molar-refractivity contribution in [1.29, 1.82) is 0 Å². The maximum atomic E-state index is 14.2. The molecular formula is C33H41N3O5S. The second-order valence-corrected chi connectivity index (χ2v) is 12.9. The summed E-state index contributed by atoms with van der Waals surface area (Å²) in [5, 5.41) is 3.13. The van der Waals surface area contributed by atoms with E-state index in [1.165, 1.54) is 24.1 Å². The van der Waals surface area contributed by atoms with Crippen LogP contribution in [0.2, 0.25) is 0 Å². The standard InChI is InChI=1S/C33H41N3O5S/c1-24-15-18-27(19-16-24)22-35(26(3)33(38)34-28-11-7-5-8-12-28)32(37)23-36(30-21-25(2)17-20-31(30)41-4)42(39,40)29-13-9-6-10-14-29/h6,9-10,13-21,26,28H,5,7-8,11-12,22-23H2,1-4H3,(H,34,38)/t26-/m1/s1. The number of ether oxygens (including phenoxy) is 1. The molecule has 8 nitrogen and oxygen atoms in total. The van der Waals surface area contributed by atoms with Gasteiger partial charge >= 0.3 is 0 Å². The van der Waals surface area contributed by atoms with Crippen molar-refractivity contribution in [3.63, 3.8) is 0 Å². The van der Waals surface area contributed by atoms with Crippen molar-refractivity contribution in [1.82, 2.24) is 10.2 Å². The smallest absolute Gasteiger partial charge is 0.264 e. The van der Waals surface area contributed by atoms with E-state index in [1.807, 2.05) is 44.2 Å². The van der Waals surface area contributed by atoms with Gasteiger partial charge in [-0.1, -0.05) is 73.4 Å². The third-order valence-corrected chi connectivity index (χ3v) is 9.58. The summed E-state index contributed by atoms with van der Waals surface area (Å²) in [7, 11) is -2.71. The number of carbonyl (C=O) groups excluding carboxylic acids is 2. The molecule has 1 fully saturated rings. The third-order valence-electron chi connectivity index (χ3n) is 7.81. The van der Waals surface area contributed by atoms with Gasteiger partial charge in [0.05, 0.1) is 17.7 Å². The number of hydrogen-bond acceptors (Lipinski definition) is 5. The topological polar surface area (TPSA) is 96.0 Å². The van der Waals surface area contributed by atoms with E-state index in [0.29, 0.717) is 5.75 Å². The Morgan fingerprint density at radius 3 is 2.21 bits per heavy atom. The molecule has 0 radical (unpaired) electrons. The van der Waals surface area contributed by atoms with Gasteiger partial charge in [-0.25, -0.2) is 8.42 Å². The molecule has 1 saturated carbocycles. The summed E-state index contributed by atoms with van der Waals surface area (Å²) in [6.45, 7) is 5.17. The summed E-state index contributed by atoms with van der Waals surface area (Å²) in [6, 6.07) is 20.2. The van der Waals surface area contributed by atoms with Crippen molar-refractivity contribution in [2.45, 2.75) is 76.4 Å². The number of methoxy groups -OCH3 is 1. The Morgan fingerprint density at radius 2 is 1.57 bits per heavy atom. The highest BCUT2D eigenvalue weighted by Crippen LogP contribution is 2.33. The molecule has 4 rings (SSSR count). The van der Waals surface area contributed by atoms with E-state index in [2.05, 4.69) is 5.32 Å². The maximum Gasteiger partial charge on any atom is 0.264 e. The Labute approximate surface area is 249 Å². The molecule has 1 aliphatic carbocycles. The Bertz CT molecular complexity index is 1470. The van der Waals surface area contributed by atoms with Gasteiger partial charge in [0.2, 0.25) is 11.8 Å². The SMILES string of the molecule is COc1ccc(C)cc1N(CC(=O)N(Cc1ccc(C)cc1)[C@H](C)C(=O)NC1CCCCC1)S(=O)(=O)c1ccccc1. The van der Waals surface area contributed by atoms with Gasteiger partial charge in [0.1, 0.15) is 18.3 Å². The lowest BCUT2D eigenvalue weighted by molar-refractivity contribution is -0.139. The van der Waals surface area contributed by atoms with Crippen molar-refractivity contribution in [2.24, 2.45) is 0 Å². The van der Waals surface area contributed by atoms with E-state index >= 15 is 0 Å². The molecule has 0 saturated heterocycles. The van der Waals surface area contributed by atoms with Crippen molar-refractivity contribution in [2.75, 3.05) is 18.0 Å². The fraction of sp³-hybridized carbons (Fsp3) is 0.394. The van der Waals surface area contributed by atoms with Crippen LogP contribution < -0.4 is 14.4 Å². The molecule has 224 valence electrons. The Morgan fingerprint density at radius 1 is 0.929 bits per heavy atom. The average molecular weight is 592 g/mol. The molecule has 42 heavy (non-hydrogen) atoms. The lowest BCUT2D eigenvalue weighted by Gasteiger charge is -2.33. The minimum absolute atomic E-state index is 0.0505. The van der Waals surface area contributed by atoms with Gasteiger partial charge < -0.3 is 15.0 Å². The third kappa shape index (κ3) is 7.50. The molecule has 0 aromatic heterocycles. The minimum Gasteiger partial charge on any atom is -0.495 e. The van der Waals surface area contributed by atoms with Gasteiger partial charge in [0.15, 0.2) is 0 Å². The summed E-state index contributed by atoms with van der Waals surface area (Å²) in [4.78, 5) is 29.2. The molecule has 9 heteroatoms. The summed E-state index contributed by atoms with van der Waals surface area (Å²) < 4.78 is 34.7. The van der Waals surface area contributed by atoms with Crippen LogP contribution in [0.1, 0.15) is 55.7 Å². The maximum absolute atomic E-state index is 14.2. The minimum atomic E-state index is -4.17. The zero-order valence-electron chi connectivity index (χ0n) is 24.9. The predicted octanol–water partition coefficient (Wildman–Crippen LogP) is 5.37. The lowest BCUT2D eigenvalue weighted by atomic mass is 9.95.